The first kappa shape index (κ1) is 11.1. The van der Waals surface area contributed by atoms with Gasteiger partial charge in [0.25, 0.3) is 11.8 Å². The van der Waals surface area contributed by atoms with E-state index < -0.39 is 18.4 Å². The van der Waals surface area contributed by atoms with Crippen LogP contribution >= 0.6 is 0 Å². The molecule has 2 heterocycles. The standard InChI is InChI=1S/C11H14F2N2O/c1-8-4-6-15(7-11(8,12)13)10(16)9-3-2-5-14-9/h2-3,5,8,14H,4,6-7H2,1H3/t8-/m1/s1. The first-order valence-corrected chi connectivity index (χ1v) is 5.31. The molecule has 5 heteroatoms. The topological polar surface area (TPSA) is 36.1 Å². The van der Waals surface area contributed by atoms with Crippen LogP contribution in [0.3, 0.4) is 0 Å². The number of alkyl halides is 2. The van der Waals surface area contributed by atoms with E-state index in [2.05, 4.69) is 4.98 Å². The molecule has 0 saturated carbocycles. The number of aromatic nitrogens is 1. The SMILES string of the molecule is C[C@@H]1CCN(C(=O)c2ccc[nH]2)CC1(F)F. The van der Waals surface area contributed by atoms with Crippen LogP contribution < -0.4 is 0 Å². The molecule has 0 aliphatic carbocycles. The van der Waals surface area contributed by atoms with E-state index in [0.29, 0.717) is 18.7 Å². The maximum absolute atomic E-state index is 13.4. The van der Waals surface area contributed by atoms with Crippen LogP contribution in [0.2, 0.25) is 0 Å². The lowest BCUT2D eigenvalue weighted by Gasteiger charge is -2.36. The van der Waals surface area contributed by atoms with Crippen LogP contribution in [0.15, 0.2) is 18.3 Å². The Morgan fingerprint density at radius 2 is 2.38 bits per heavy atom. The number of nitrogens with one attached hydrogen (secondary N) is 1. The van der Waals surface area contributed by atoms with Crippen molar-refractivity contribution >= 4 is 5.91 Å². The number of carbonyl (C=O) groups is 1. The van der Waals surface area contributed by atoms with E-state index in [1.165, 1.54) is 11.8 Å². The minimum atomic E-state index is -2.78. The van der Waals surface area contributed by atoms with Crippen molar-refractivity contribution in [3.05, 3.63) is 24.0 Å². The van der Waals surface area contributed by atoms with Crippen LogP contribution in [0.5, 0.6) is 0 Å². The van der Waals surface area contributed by atoms with Gasteiger partial charge in [0.1, 0.15) is 5.69 Å². The van der Waals surface area contributed by atoms with Gasteiger partial charge in [0.15, 0.2) is 0 Å². The zero-order valence-corrected chi connectivity index (χ0v) is 9.04. The highest BCUT2D eigenvalue weighted by molar-refractivity contribution is 5.92. The number of carbonyl (C=O) groups excluding carboxylic acids is 1. The highest BCUT2D eigenvalue weighted by atomic mass is 19.3. The molecule has 1 saturated heterocycles. The van der Waals surface area contributed by atoms with Crippen molar-refractivity contribution in [2.45, 2.75) is 19.3 Å². The lowest BCUT2D eigenvalue weighted by atomic mass is 9.95. The first-order valence-electron chi connectivity index (χ1n) is 5.31. The number of amides is 1. The zero-order chi connectivity index (χ0) is 11.8. The molecule has 1 aliphatic heterocycles. The number of piperidine rings is 1. The summed E-state index contributed by atoms with van der Waals surface area (Å²) in [5.74, 6) is -3.78. The first-order chi connectivity index (χ1) is 7.50. The zero-order valence-electron chi connectivity index (χ0n) is 9.04. The Balaban J connectivity index is 2.10. The summed E-state index contributed by atoms with van der Waals surface area (Å²) in [6.45, 7) is 1.44. The number of halogens is 2. The fourth-order valence-corrected chi connectivity index (χ4v) is 1.86. The average molecular weight is 228 g/mol. The quantitative estimate of drug-likeness (QED) is 0.785. The van der Waals surface area contributed by atoms with Gasteiger partial charge < -0.3 is 9.88 Å². The minimum absolute atomic E-state index is 0.347. The Kier molecular flexibility index (Phi) is 2.69. The van der Waals surface area contributed by atoms with Gasteiger partial charge in [0, 0.05) is 18.7 Å². The maximum atomic E-state index is 13.4. The summed E-state index contributed by atoms with van der Waals surface area (Å²) in [4.78, 5) is 15.8. The average Bonchev–Trinajstić information content (AvgIpc) is 2.74. The van der Waals surface area contributed by atoms with Crippen LogP contribution in [-0.2, 0) is 0 Å². The Hall–Kier alpha value is -1.39. The predicted octanol–water partition coefficient (Wildman–Crippen LogP) is 2.13. The third kappa shape index (κ3) is 1.94. The Morgan fingerprint density at radius 1 is 1.62 bits per heavy atom. The Labute approximate surface area is 92.4 Å². The molecule has 1 N–H and O–H groups in total. The molecule has 0 bridgehead atoms. The van der Waals surface area contributed by atoms with Gasteiger partial charge in [-0.25, -0.2) is 8.78 Å². The monoisotopic (exact) mass is 228 g/mol. The van der Waals surface area contributed by atoms with Gasteiger partial charge in [-0.15, -0.1) is 0 Å². The van der Waals surface area contributed by atoms with Crippen molar-refractivity contribution in [2.24, 2.45) is 5.92 Å². The molecule has 1 aliphatic rings. The lowest BCUT2D eigenvalue weighted by molar-refractivity contribution is -0.0958. The van der Waals surface area contributed by atoms with Crippen molar-refractivity contribution in [1.29, 1.82) is 0 Å². The fraction of sp³-hybridized carbons (Fsp3) is 0.545. The van der Waals surface area contributed by atoms with Gasteiger partial charge in [0.2, 0.25) is 0 Å². The fourth-order valence-electron chi connectivity index (χ4n) is 1.86. The molecule has 1 aromatic rings. The third-order valence-electron chi connectivity index (χ3n) is 3.07. The summed E-state index contributed by atoms with van der Waals surface area (Å²) in [5.41, 5.74) is 0.366. The summed E-state index contributed by atoms with van der Waals surface area (Å²) >= 11 is 0. The second-order valence-corrected chi connectivity index (χ2v) is 4.26. The van der Waals surface area contributed by atoms with E-state index in [0.717, 1.165) is 0 Å². The molecule has 1 aromatic heterocycles. The number of aromatic amines is 1. The molecule has 1 atom stereocenters. The largest absolute Gasteiger partial charge is 0.357 e. The molecule has 1 fully saturated rings. The molecule has 0 aromatic carbocycles. The normalized spacial score (nSPS) is 24.4. The lowest BCUT2D eigenvalue weighted by Crippen LogP contribution is -2.49. The highest BCUT2D eigenvalue weighted by Crippen LogP contribution is 2.32. The number of hydrogen-bond donors (Lipinski definition) is 1. The highest BCUT2D eigenvalue weighted by Gasteiger charge is 2.43. The van der Waals surface area contributed by atoms with Crippen LogP contribution in [0.4, 0.5) is 8.78 Å². The minimum Gasteiger partial charge on any atom is -0.357 e. The molecular weight excluding hydrogens is 214 g/mol. The second-order valence-electron chi connectivity index (χ2n) is 4.26. The summed E-state index contributed by atoms with van der Waals surface area (Å²) in [5, 5.41) is 0. The van der Waals surface area contributed by atoms with E-state index in [4.69, 9.17) is 0 Å². The van der Waals surface area contributed by atoms with E-state index in [1.807, 2.05) is 0 Å². The Morgan fingerprint density at radius 3 is 2.94 bits per heavy atom. The summed E-state index contributed by atoms with van der Waals surface area (Å²) in [7, 11) is 0. The second kappa shape index (κ2) is 3.88. The third-order valence-corrected chi connectivity index (χ3v) is 3.07. The maximum Gasteiger partial charge on any atom is 0.270 e. The van der Waals surface area contributed by atoms with Gasteiger partial charge >= 0.3 is 0 Å². The van der Waals surface area contributed by atoms with E-state index in [9.17, 15) is 13.6 Å². The van der Waals surface area contributed by atoms with E-state index in [1.54, 1.807) is 18.3 Å². The van der Waals surface area contributed by atoms with Crippen LogP contribution in [0, 0.1) is 5.92 Å². The van der Waals surface area contributed by atoms with Crippen molar-refractivity contribution in [2.75, 3.05) is 13.1 Å². The number of H-pyrrole nitrogens is 1. The predicted molar refractivity (Wildman–Crippen MR) is 55.4 cm³/mol. The molecule has 16 heavy (non-hydrogen) atoms. The van der Waals surface area contributed by atoms with E-state index in [-0.39, 0.29) is 5.91 Å². The van der Waals surface area contributed by atoms with E-state index >= 15 is 0 Å². The Bertz CT molecular complexity index is 375. The molecule has 2 rings (SSSR count). The number of nitrogens with zero attached hydrogens (tertiary/aromatic N) is 1. The molecule has 88 valence electrons. The van der Waals surface area contributed by atoms with Gasteiger partial charge in [-0.1, -0.05) is 6.92 Å². The molecule has 0 radical (unpaired) electrons. The van der Waals surface area contributed by atoms with Crippen LogP contribution in [0.1, 0.15) is 23.8 Å². The molecular formula is C11H14F2N2O. The number of likely N-dealkylation sites (tertiary alicyclic amines) is 1. The van der Waals surface area contributed by atoms with Gasteiger partial charge in [-0.2, -0.15) is 0 Å². The van der Waals surface area contributed by atoms with Crippen LogP contribution in [0.25, 0.3) is 0 Å². The molecule has 1 amide bonds. The summed E-state index contributed by atoms with van der Waals surface area (Å²) in [6, 6.07) is 3.27. The summed E-state index contributed by atoms with van der Waals surface area (Å²) < 4.78 is 26.9. The van der Waals surface area contributed by atoms with Crippen molar-refractivity contribution < 1.29 is 13.6 Å². The van der Waals surface area contributed by atoms with Crippen molar-refractivity contribution in [3.63, 3.8) is 0 Å². The van der Waals surface area contributed by atoms with Gasteiger partial charge in [0.05, 0.1) is 6.54 Å². The number of hydrogen-bond acceptors (Lipinski definition) is 1. The van der Waals surface area contributed by atoms with Crippen molar-refractivity contribution in [3.8, 4) is 0 Å². The summed E-state index contributed by atoms with van der Waals surface area (Å²) in [6.07, 6.45) is 1.96. The van der Waals surface area contributed by atoms with Crippen molar-refractivity contribution in [1.82, 2.24) is 9.88 Å². The smallest absolute Gasteiger partial charge is 0.270 e. The molecule has 0 unspecified atom stereocenters. The molecule has 3 nitrogen and oxygen atoms in total. The van der Waals surface area contributed by atoms with Gasteiger partial charge in [-0.3, -0.25) is 4.79 Å². The number of rotatable bonds is 1. The van der Waals surface area contributed by atoms with Gasteiger partial charge in [-0.05, 0) is 18.6 Å². The molecule has 0 spiro atoms. The van der Waals surface area contributed by atoms with Crippen LogP contribution in [-0.4, -0.2) is 34.8 Å².